The van der Waals surface area contributed by atoms with Crippen LogP contribution in [0.1, 0.15) is 31.9 Å². The van der Waals surface area contributed by atoms with Gasteiger partial charge in [0.1, 0.15) is 5.84 Å². The van der Waals surface area contributed by atoms with Gasteiger partial charge in [-0.3, -0.25) is 10.8 Å². The molecule has 1 rings (SSSR count). The number of amidine groups is 1. The standard InChI is InChI=1S/C15H24N6O2/c1-4-18-15(23)21(3)10-11-5-7-12(8-6-11)13(22)9-14(16)19-20-17-2/h5-8,13,22H,4,9-10H2,1-3H3,(H,18,23)(H2,16,17,19)/i4D. The topological polar surface area (TPSA) is 113 Å². The van der Waals surface area contributed by atoms with Crippen LogP contribution in [0.3, 0.4) is 0 Å². The molecular weight excluding hydrogens is 296 g/mol. The van der Waals surface area contributed by atoms with Gasteiger partial charge in [-0.15, -0.1) is 5.11 Å². The Labute approximate surface area is 137 Å². The zero-order valence-corrected chi connectivity index (χ0v) is 13.6. The van der Waals surface area contributed by atoms with Gasteiger partial charge in [0.05, 0.1) is 6.10 Å². The number of nitrogens with one attached hydrogen (secondary N) is 3. The van der Waals surface area contributed by atoms with Crippen molar-refractivity contribution in [1.82, 2.24) is 15.6 Å². The molecule has 8 heteroatoms. The average molecular weight is 321 g/mol. The maximum atomic E-state index is 11.7. The molecule has 0 radical (unpaired) electrons. The zero-order valence-electron chi connectivity index (χ0n) is 14.6. The molecule has 1 aromatic carbocycles. The van der Waals surface area contributed by atoms with E-state index in [0.29, 0.717) is 12.1 Å². The fourth-order valence-corrected chi connectivity index (χ4v) is 1.88. The monoisotopic (exact) mass is 321 g/mol. The largest absolute Gasteiger partial charge is 0.388 e. The summed E-state index contributed by atoms with van der Waals surface area (Å²) in [6, 6.07) is 6.81. The Bertz CT molecular complexity index is 576. The lowest BCUT2D eigenvalue weighted by Gasteiger charge is -2.18. The van der Waals surface area contributed by atoms with Crippen molar-refractivity contribution in [2.45, 2.75) is 26.0 Å². The third-order valence-corrected chi connectivity index (χ3v) is 3.06. The van der Waals surface area contributed by atoms with Gasteiger partial charge in [-0.2, -0.15) is 0 Å². The Balaban J connectivity index is 2.60. The third-order valence-electron chi connectivity index (χ3n) is 3.06. The number of urea groups is 1. The van der Waals surface area contributed by atoms with E-state index in [9.17, 15) is 9.90 Å². The minimum Gasteiger partial charge on any atom is -0.388 e. The highest BCUT2D eigenvalue weighted by Gasteiger charge is 2.12. The van der Waals surface area contributed by atoms with Crippen LogP contribution in [-0.2, 0) is 6.54 Å². The van der Waals surface area contributed by atoms with Crippen LogP contribution in [0.15, 0.2) is 34.6 Å². The summed E-state index contributed by atoms with van der Waals surface area (Å²) < 4.78 is 7.33. The normalized spacial score (nSPS) is 14.0. The van der Waals surface area contributed by atoms with Gasteiger partial charge in [0.15, 0.2) is 0 Å². The summed E-state index contributed by atoms with van der Waals surface area (Å²) in [5.41, 5.74) is 4.00. The van der Waals surface area contributed by atoms with E-state index in [4.69, 9.17) is 6.78 Å². The van der Waals surface area contributed by atoms with Crippen LogP contribution in [-0.4, -0.2) is 42.5 Å². The average Bonchev–Trinajstić information content (AvgIpc) is 2.52. The summed E-state index contributed by atoms with van der Waals surface area (Å²) in [5.74, 6) is -0.0261. The second kappa shape index (κ2) is 9.52. The van der Waals surface area contributed by atoms with Gasteiger partial charge in [0.25, 0.3) is 0 Å². The molecule has 0 saturated heterocycles. The highest BCUT2D eigenvalue weighted by Crippen LogP contribution is 2.18. The fourth-order valence-electron chi connectivity index (χ4n) is 1.88. The number of hydrogen-bond donors (Lipinski definition) is 4. The lowest BCUT2D eigenvalue weighted by molar-refractivity contribution is 0.185. The predicted octanol–water partition coefficient (Wildman–Crippen LogP) is 1.84. The van der Waals surface area contributed by atoms with Crippen LogP contribution in [0.5, 0.6) is 0 Å². The van der Waals surface area contributed by atoms with Crippen LogP contribution in [0.4, 0.5) is 4.79 Å². The lowest BCUT2D eigenvalue weighted by atomic mass is 10.0. The van der Waals surface area contributed by atoms with Crippen molar-refractivity contribution in [2.24, 2.45) is 10.3 Å². The van der Waals surface area contributed by atoms with Gasteiger partial charge in [-0.25, -0.2) is 4.79 Å². The number of amides is 2. The summed E-state index contributed by atoms with van der Waals surface area (Å²) >= 11 is 0. The molecule has 8 nitrogen and oxygen atoms in total. The van der Waals surface area contributed by atoms with Crippen molar-refractivity contribution >= 4 is 11.9 Å². The molecular formula is C15H24N6O2. The van der Waals surface area contributed by atoms with Crippen molar-refractivity contribution in [3.63, 3.8) is 0 Å². The smallest absolute Gasteiger partial charge is 0.317 e. The molecule has 0 aliphatic carbocycles. The molecule has 4 N–H and O–H groups in total. The molecule has 0 saturated carbocycles. The van der Waals surface area contributed by atoms with Crippen molar-refractivity contribution in [3.05, 3.63) is 35.4 Å². The number of nitrogens with zero attached hydrogens (tertiary/aromatic N) is 3. The first-order valence-corrected chi connectivity index (χ1v) is 7.19. The number of benzene rings is 1. The van der Waals surface area contributed by atoms with E-state index in [1.54, 1.807) is 33.2 Å². The molecule has 0 fully saturated rings. The molecule has 0 heterocycles. The van der Waals surface area contributed by atoms with Gasteiger partial charge >= 0.3 is 6.03 Å². The predicted molar refractivity (Wildman–Crippen MR) is 88.2 cm³/mol. The molecule has 2 unspecified atom stereocenters. The third kappa shape index (κ3) is 6.43. The minimum absolute atomic E-state index is 0.0261. The Morgan fingerprint density at radius 3 is 2.70 bits per heavy atom. The molecule has 126 valence electrons. The lowest BCUT2D eigenvalue weighted by Crippen LogP contribution is -2.36. The van der Waals surface area contributed by atoms with Crippen LogP contribution in [0.2, 0.25) is 0 Å². The van der Waals surface area contributed by atoms with Crippen molar-refractivity contribution < 1.29 is 11.3 Å². The fraction of sp³-hybridized carbons (Fsp3) is 0.467. The maximum absolute atomic E-state index is 11.7. The zero-order chi connectivity index (χ0) is 18.1. The molecule has 0 aliphatic rings. The molecule has 2 amide bonds. The number of carbonyl (C=O) groups excluding carboxylic acids is 1. The molecule has 0 bridgehead atoms. The molecule has 0 aromatic heterocycles. The first-order chi connectivity index (χ1) is 11.3. The van der Waals surface area contributed by atoms with Crippen LogP contribution < -0.4 is 10.7 Å². The van der Waals surface area contributed by atoms with Gasteiger partial charge in [0, 0.05) is 35.0 Å². The second-order valence-corrected chi connectivity index (χ2v) is 4.93. The van der Waals surface area contributed by atoms with Gasteiger partial charge in [-0.05, 0) is 18.1 Å². The second-order valence-electron chi connectivity index (χ2n) is 4.93. The summed E-state index contributed by atoms with van der Waals surface area (Å²) in [6.07, 6.45) is -0.777. The molecule has 0 aliphatic heterocycles. The van der Waals surface area contributed by atoms with Gasteiger partial charge in [-0.1, -0.05) is 29.5 Å². The summed E-state index contributed by atoms with van der Waals surface area (Å²) in [4.78, 5) is 13.2. The summed E-state index contributed by atoms with van der Waals surface area (Å²) in [6.45, 7) is 1.31. The molecule has 23 heavy (non-hydrogen) atoms. The van der Waals surface area contributed by atoms with Crippen LogP contribution in [0, 0.1) is 5.41 Å². The highest BCUT2D eigenvalue weighted by molar-refractivity contribution is 5.79. The van der Waals surface area contributed by atoms with Crippen molar-refractivity contribution in [3.8, 4) is 0 Å². The maximum Gasteiger partial charge on any atom is 0.317 e. The number of carbonyl (C=O) groups is 1. The number of aliphatic hydroxyl groups is 1. The van der Waals surface area contributed by atoms with E-state index >= 15 is 0 Å². The van der Waals surface area contributed by atoms with Crippen molar-refractivity contribution in [2.75, 3.05) is 20.6 Å². The van der Waals surface area contributed by atoms with Crippen LogP contribution in [0.25, 0.3) is 0 Å². The first kappa shape index (κ1) is 16.9. The first-order valence-electron chi connectivity index (χ1n) is 7.77. The Morgan fingerprint density at radius 2 is 2.13 bits per heavy atom. The number of aliphatic hydroxyl groups excluding tert-OH is 1. The number of hydrogen-bond acceptors (Lipinski definition) is 4. The SMILES string of the molecule is [2H]C(C)NC(=O)N(C)Cc1ccc(C(O)CC(=N)/N=N\NC)cc1. The van der Waals surface area contributed by atoms with E-state index in [2.05, 4.69) is 21.1 Å². The van der Waals surface area contributed by atoms with Gasteiger partial charge in [0.2, 0.25) is 0 Å². The van der Waals surface area contributed by atoms with E-state index in [-0.39, 0.29) is 18.3 Å². The van der Waals surface area contributed by atoms with Crippen molar-refractivity contribution in [1.29, 1.82) is 5.41 Å². The number of rotatable bonds is 7. The van der Waals surface area contributed by atoms with Crippen LogP contribution >= 0.6 is 0 Å². The van der Waals surface area contributed by atoms with E-state index in [1.165, 1.54) is 4.90 Å². The van der Waals surface area contributed by atoms with Gasteiger partial charge < -0.3 is 15.3 Å². The van der Waals surface area contributed by atoms with E-state index < -0.39 is 12.6 Å². The summed E-state index contributed by atoms with van der Waals surface area (Å²) in [5, 5.41) is 27.2. The Hall–Kier alpha value is -2.48. The molecule has 0 spiro atoms. The molecule has 1 aromatic rings. The minimum atomic E-state index is -0.840. The molecule has 2 atom stereocenters. The highest BCUT2D eigenvalue weighted by atomic mass is 16.3. The Morgan fingerprint density at radius 1 is 1.48 bits per heavy atom. The summed E-state index contributed by atoms with van der Waals surface area (Å²) in [7, 11) is 3.22. The van der Waals surface area contributed by atoms with E-state index in [1.807, 2.05) is 12.1 Å². The Kier molecular flexibility index (Phi) is 6.99. The van der Waals surface area contributed by atoms with E-state index in [0.717, 1.165) is 5.56 Å². The quantitative estimate of drug-likeness (QED) is 0.266.